The predicted octanol–water partition coefficient (Wildman–Crippen LogP) is 3.90. The van der Waals surface area contributed by atoms with Gasteiger partial charge in [0.05, 0.1) is 27.8 Å². The Kier molecular flexibility index (Phi) is 4.65. The molecule has 2 unspecified atom stereocenters. The number of hydrogen-bond donors (Lipinski definition) is 3. The first-order chi connectivity index (χ1) is 14.5. The van der Waals surface area contributed by atoms with Crippen molar-refractivity contribution in [3.63, 3.8) is 0 Å². The number of amides is 1. The summed E-state index contributed by atoms with van der Waals surface area (Å²) in [6.07, 6.45) is 3.89. The van der Waals surface area contributed by atoms with Gasteiger partial charge in [0.2, 0.25) is 0 Å². The summed E-state index contributed by atoms with van der Waals surface area (Å²) in [4.78, 5) is 17.8. The maximum atomic E-state index is 15.2. The van der Waals surface area contributed by atoms with Gasteiger partial charge in [-0.25, -0.2) is 9.37 Å². The third kappa shape index (κ3) is 3.11. The van der Waals surface area contributed by atoms with E-state index in [0.29, 0.717) is 16.8 Å². The Balaban J connectivity index is 1.63. The van der Waals surface area contributed by atoms with E-state index in [-0.39, 0.29) is 35.9 Å². The molecule has 152 valence electrons. The Bertz CT molecular complexity index is 1210. The molecule has 30 heavy (non-hydrogen) atoms. The minimum absolute atomic E-state index is 0.0442. The standard InChI is InChI=1S/C22H20FN5OS/c23-19-13-10-26-22(29)18(13)20(28-21(19)27-15-4-2-1-3-14(15)25)17-8-12-7-11(9-24)5-6-16(12)30-17/h5-8,14-15H,1-4,10,25H2,(H,26,29)(H,27,28). The minimum Gasteiger partial charge on any atom is -0.363 e. The molecule has 0 radical (unpaired) electrons. The molecule has 2 aromatic heterocycles. The van der Waals surface area contributed by atoms with Crippen molar-refractivity contribution in [2.24, 2.45) is 5.73 Å². The maximum absolute atomic E-state index is 15.2. The van der Waals surface area contributed by atoms with E-state index >= 15 is 4.39 Å². The van der Waals surface area contributed by atoms with Gasteiger partial charge in [0.1, 0.15) is 0 Å². The zero-order chi connectivity index (χ0) is 20.8. The Labute approximate surface area is 176 Å². The predicted molar refractivity (Wildman–Crippen MR) is 115 cm³/mol. The number of nitrogens with zero attached hydrogens (tertiary/aromatic N) is 2. The third-order valence-electron chi connectivity index (χ3n) is 5.91. The molecular formula is C22H20FN5OS. The van der Waals surface area contributed by atoms with E-state index < -0.39 is 5.82 Å². The van der Waals surface area contributed by atoms with Gasteiger partial charge in [-0.2, -0.15) is 5.26 Å². The number of thiophene rings is 1. The van der Waals surface area contributed by atoms with Crippen molar-refractivity contribution in [3.05, 3.63) is 46.8 Å². The van der Waals surface area contributed by atoms with Gasteiger partial charge >= 0.3 is 0 Å². The number of pyridine rings is 1. The summed E-state index contributed by atoms with van der Waals surface area (Å²) in [5.41, 5.74) is 7.90. The summed E-state index contributed by atoms with van der Waals surface area (Å²) in [5, 5.41) is 16.0. The van der Waals surface area contributed by atoms with Gasteiger partial charge in [0, 0.05) is 28.9 Å². The van der Waals surface area contributed by atoms with E-state index in [9.17, 15) is 4.79 Å². The van der Waals surface area contributed by atoms with Gasteiger partial charge in [-0.15, -0.1) is 11.3 Å². The molecule has 6 nitrogen and oxygen atoms in total. The first kappa shape index (κ1) is 19.0. The van der Waals surface area contributed by atoms with E-state index in [0.717, 1.165) is 40.6 Å². The number of rotatable bonds is 3. The number of nitrogens with two attached hydrogens (primary N) is 1. The first-order valence-electron chi connectivity index (χ1n) is 10.0. The number of fused-ring (bicyclic) bond motifs is 2. The SMILES string of the molecule is N#Cc1ccc2sc(-c3nc(NC4CCCCC4N)c(F)c4c3C(=O)NC4)cc2c1. The highest BCUT2D eigenvalue weighted by atomic mass is 32.1. The van der Waals surface area contributed by atoms with Crippen LogP contribution in [0.25, 0.3) is 20.7 Å². The average Bonchev–Trinajstić information content (AvgIpc) is 3.35. The van der Waals surface area contributed by atoms with Crippen molar-refractivity contribution in [2.75, 3.05) is 5.32 Å². The van der Waals surface area contributed by atoms with Gasteiger partial charge in [-0.3, -0.25) is 4.79 Å². The van der Waals surface area contributed by atoms with Crippen LogP contribution in [-0.4, -0.2) is 23.0 Å². The number of carbonyl (C=O) groups excluding carboxylic acids is 1. The fourth-order valence-corrected chi connectivity index (χ4v) is 5.34. The molecule has 3 heterocycles. The van der Waals surface area contributed by atoms with Crippen molar-refractivity contribution >= 4 is 33.1 Å². The van der Waals surface area contributed by atoms with Gasteiger partial charge in [-0.1, -0.05) is 12.8 Å². The zero-order valence-electron chi connectivity index (χ0n) is 16.2. The van der Waals surface area contributed by atoms with Crippen molar-refractivity contribution < 1.29 is 9.18 Å². The molecule has 1 aliphatic carbocycles. The summed E-state index contributed by atoms with van der Waals surface area (Å²) in [6, 6.07) is 9.39. The van der Waals surface area contributed by atoms with Crippen LogP contribution in [-0.2, 0) is 6.54 Å². The number of anilines is 1. The Hall–Kier alpha value is -3.02. The molecule has 1 aromatic carbocycles. The number of nitriles is 1. The molecule has 2 atom stereocenters. The van der Waals surface area contributed by atoms with Crippen LogP contribution < -0.4 is 16.4 Å². The van der Waals surface area contributed by atoms with Crippen LogP contribution in [0.4, 0.5) is 10.2 Å². The van der Waals surface area contributed by atoms with E-state index in [2.05, 4.69) is 21.7 Å². The second-order valence-electron chi connectivity index (χ2n) is 7.83. The highest BCUT2D eigenvalue weighted by molar-refractivity contribution is 7.22. The molecule has 1 fully saturated rings. The number of carbonyl (C=O) groups is 1. The lowest BCUT2D eigenvalue weighted by molar-refractivity contribution is 0.0966. The molecule has 0 bridgehead atoms. The van der Waals surface area contributed by atoms with Gasteiger partial charge < -0.3 is 16.4 Å². The van der Waals surface area contributed by atoms with E-state index in [1.54, 1.807) is 12.1 Å². The number of nitrogens with one attached hydrogen (secondary N) is 2. The molecule has 8 heteroatoms. The smallest absolute Gasteiger partial charge is 0.254 e. The topological polar surface area (TPSA) is 104 Å². The van der Waals surface area contributed by atoms with E-state index in [1.165, 1.54) is 11.3 Å². The van der Waals surface area contributed by atoms with Gasteiger partial charge in [0.25, 0.3) is 5.91 Å². The van der Waals surface area contributed by atoms with E-state index in [1.807, 2.05) is 12.1 Å². The van der Waals surface area contributed by atoms with Crippen LogP contribution in [0, 0.1) is 17.1 Å². The normalized spacial score (nSPS) is 20.6. The fraction of sp³-hybridized carbons (Fsp3) is 0.318. The van der Waals surface area contributed by atoms with Crippen LogP contribution in [0.2, 0.25) is 0 Å². The molecular weight excluding hydrogens is 401 g/mol. The fourth-order valence-electron chi connectivity index (χ4n) is 4.30. The van der Waals surface area contributed by atoms with Crippen LogP contribution in [0.3, 0.4) is 0 Å². The highest BCUT2D eigenvalue weighted by Crippen LogP contribution is 2.39. The zero-order valence-corrected chi connectivity index (χ0v) is 17.0. The second kappa shape index (κ2) is 7.35. The molecule has 5 rings (SSSR count). The van der Waals surface area contributed by atoms with Crippen LogP contribution in [0.1, 0.15) is 47.2 Å². The van der Waals surface area contributed by atoms with Crippen molar-refractivity contribution in [1.29, 1.82) is 5.26 Å². The highest BCUT2D eigenvalue weighted by Gasteiger charge is 2.32. The molecule has 0 spiro atoms. The van der Waals surface area contributed by atoms with Crippen LogP contribution in [0.15, 0.2) is 24.3 Å². The first-order valence-corrected chi connectivity index (χ1v) is 10.8. The second-order valence-corrected chi connectivity index (χ2v) is 8.92. The molecule has 2 aliphatic rings. The third-order valence-corrected chi connectivity index (χ3v) is 7.03. The Morgan fingerprint density at radius 2 is 2.13 bits per heavy atom. The quantitative estimate of drug-likeness (QED) is 0.595. The Morgan fingerprint density at radius 1 is 1.30 bits per heavy atom. The molecule has 3 aromatic rings. The van der Waals surface area contributed by atoms with Gasteiger partial charge in [-0.05, 0) is 42.5 Å². The van der Waals surface area contributed by atoms with Crippen LogP contribution in [0.5, 0.6) is 0 Å². The van der Waals surface area contributed by atoms with E-state index in [4.69, 9.17) is 11.0 Å². The van der Waals surface area contributed by atoms with Crippen molar-refractivity contribution in [1.82, 2.24) is 10.3 Å². The number of halogens is 1. The average molecular weight is 422 g/mol. The summed E-state index contributed by atoms with van der Waals surface area (Å²) in [5.74, 6) is -0.655. The lowest BCUT2D eigenvalue weighted by Gasteiger charge is -2.30. The maximum Gasteiger partial charge on any atom is 0.254 e. The Morgan fingerprint density at radius 3 is 2.93 bits per heavy atom. The molecule has 1 amide bonds. The summed E-state index contributed by atoms with van der Waals surface area (Å²) in [6.45, 7) is 0.143. The molecule has 1 saturated carbocycles. The number of aromatic nitrogens is 1. The summed E-state index contributed by atoms with van der Waals surface area (Å²) in [7, 11) is 0. The molecule has 1 aliphatic heterocycles. The molecule has 0 saturated heterocycles. The summed E-state index contributed by atoms with van der Waals surface area (Å²) >= 11 is 1.47. The van der Waals surface area contributed by atoms with Crippen LogP contribution >= 0.6 is 11.3 Å². The number of hydrogen-bond acceptors (Lipinski definition) is 6. The molecule has 4 N–H and O–H groups in total. The van der Waals surface area contributed by atoms with Gasteiger partial charge in [0.15, 0.2) is 11.6 Å². The van der Waals surface area contributed by atoms with Crippen molar-refractivity contribution in [2.45, 2.75) is 44.3 Å². The van der Waals surface area contributed by atoms with Crippen molar-refractivity contribution in [3.8, 4) is 16.6 Å². The largest absolute Gasteiger partial charge is 0.363 e. The minimum atomic E-state index is -0.488. The lowest BCUT2D eigenvalue weighted by atomic mass is 9.91. The number of benzene rings is 1. The summed E-state index contributed by atoms with van der Waals surface area (Å²) < 4.78 is 16.2. The lowest BCUT2D eigenvalue weighted by Crippen LogP contribution is -2.43. The monoisotopic (exact) mass is 421 g/mol.